The predicted molar refractivity (Wildman–Crippen MR) is 171 cm³/mol. The molecule has 10 heteroatoms. The summed E-state index contributed by atoms with van der Waals surface area (Å²) in [6, 6.07) is 21.5. The van der Waals surface area contributed by atoms with Gasteiger partial charge in [-0.1, -0.05) is 41.7 Å². The van der Waals surface area contributed by atoms with E-state index in [-0.39, 0.29) is 12.2 Å². The zero-order valence-corrected chi connectivity index (χ0v) is 26.3. The van der Waals surface area contributed by atoms with Gasteiger partial charge in [-0.15, -0.1) is 0 Å². The minimum atomic E-state index is -0.713. The van der Waals surface area contributed by atoms with Crippen molar-refractivity contribution in [2.24, 2.45) is 4.99 Å². The lowest BCUT2D eigenvalue weighted by molar-refractivity contribution is -0.139. The topological polar surface area (TPSA) is 112 Å². The maximum absolute atomic E-state index is 14.0. The fourth-order valence-electron chi connectivity index (χ4n) is 5.01. The molecule has 1 atom stereocenters. The third-order valence-electron chi connectivity index (χ3n) is 7.07. The third-order valence-corrected chi connectivity index (χ3v) is 8.05. The first-order valence-corrected chi connectivity index (χ1v) is 15.5. The highest BCUT2D eigenvalue weighted by Crippen LogP contribution is 2.32. The van der Waals surface area contributed by atoms with Crippen LogP contribution < -0.4 is 29.1 Å². The van der Waals surface area contributed by atoms with Crippen molar-refractivity contribution in [1.82, 2.24) is 4.57 Å². The lowest BCUT2D eigenvalue weighted by Gasteiger charge is -2.24. The van der Waals surface area contributed by atoms with E-state index in [4.69, 9.17) is 24.2 Å². The molecule has 0 aliphatic carbocycles. The van der Waals surface area contributed by atoms with Crippen LogP contribution in [0.1, 0.15) is 56.0 Å². The van der Waals surface area contributed by atoms with E-state index < -0.39 is 12.0 Å². The summed E-state index contributed by atoms with van der Waals surface area (Å²) in [5.74, 6) is 1.29. The highest BCUT2D eigenvalue weighted by Gasteiger charge is 2.33. The summed E-state index contributed by atoms with van der Waals surface area (Å²) >= 11 is 1.25. The number of benzene rings is 3. The van der Waals surface area contributed by atoms with E-state index in [9.17, 15) is 9.59 Å². The van der Waals surface area contributed by atoms with E-state index in [1.807, 2.05) is 68.4 Å². The highest BCUT2D eigenvalue weighted by molar-refractivity contribution is 7.07. The number of rotatable bonds is 11. The van der Waals surface area contributed by atoms with E-state index in [0.717, 1.165) is 16.7 Å². The summed E-state index contributed by atoms with van der Waals surface area (Å²) in [7, 11) is 0. The normalized spacial score (nSPS) is 14.3. The Morgan fingerprint density at radius 3 is 2.36 bits per heavy atom. The number of carbonyl (C=O) groups excluding carboxylic acids is 1. The summed E-state index contributed by atoms with van der Waals surface area (Å²) in [6.07, 6.45) is 1.79. The Bertz CT molecular complexity index is 1950. The summed E-state index contributed by atoms with van der Waals surface area (Å²) in [6.45, 7) is 8.76. The van der Waals surface area contributed by atoms with Crippen LogP contribution in [0.3, 0.4) is 0 Å². The van der Waals surface area contributed by atoms with Gasteiger partial charge in [0.25, 0.3) is 5.56 Å². The summed E-state index contributed by atoms with van der Waals surface area (Å²) in [5, 5.41) is 9.03. The molecule has 4 aromatic rings. The smallest absolute Gasteiger partial charge is 0.338 e. The van der Waals surface area contributed by atoms with Crippen LogP contribution in [0.2, 0.25) is 0 Å². The maximum atomic E-state index is 14.0. The van der Waals surface area contributed by atoms with Gasteiger partial charge in [-0.25, -0.2) is 9.79 Å². The summed E-state index contributed by atoms with van der Waals surface area (Å²) in [5.41, 5.74) is 3.54. The largest absolute Gasteiger partial charge is 0.494 e. The quantitative estimate of drug-likeness (QED) is 0.215. The van der Waals surface area contributed by atoms with E-state index in [0.29, 0.717) is 63.2 Å². The zero-order valence-electron chi connectivity index (χ0n) is 25.5. The van der Waals surface area contributed by atoms with Gasteiger partial charge in [0, 0.05) is 0 Å². The van der Waals surface area contributed by atoms with Crippen LogP contribution in [0.4, 0.5) is 0 Å². The molecule has 0 saturated heterocycles. The molecule has 45 heavy (non-hydrogen) atoms. The molecule has 0 radical (unpaired) electrons. The highest BCUT2D eigenvalue weighted by atomic mass is 32.1. The van der Waals surface area contributed by atoms with Crippen LogP contribution in [0.15, 0.2) is 87.8 Å². The number of carbonyl (C=O) groups is 1. The van der Waals surface area contributed by atoms with Gasteiger partial charge in [0.05, 0.1) is 53.3 Å². The second-order valence-electron chi connectivity index (χ2n) is 10.0. The van der Waals surface area contributed by atoms with Crippen molar-refractivity contribution in [1.29, 1.82) is 5.26 Å². The van der Waals surface area contributed by atoms with Gasteiger partial charge in [-0.2, -0.15) is 5.26 Å². The first-order valence-electron chi connectivity index (χ1n) is 14.7. The van der Waals surface area contributed by atoms with Crippen LogP contribution in [0, 0.1) is 11.3 Å². The molecule has 1 aromatic heterocycles. The Kier molecular flexibility index (Phi) is 9.80. The SMILES string of the molecule is CCOC(=O)C1=C(C)N=c2s/c(=C\c3ccc(OCc4ccc(C#N)cc4)c(OCC)c3)c(=O)n2[C@@H]1c1ccc(OCC)cc1. The second-order valence-corrected chi connectivity index (χ2v) is 11.1. The molecule has 3 aromatic carbocycles. The number of fused-ring (bicyclic) bond motifs is 1. The number of esters is 1. The van der Waals surface area contributed by atoms with Crippen molar-refractivity contribution in [3.63, 3.8) is 0 Å². The molecule has 230 valence electrons. The van der Waals surface area contributed by atoms with Gasteiger partial charge in [0.15, 0.2) is 16.3 Å². The Hall–Kier alpha value is -5.14. The number of hydrogen-bond acceptors (Lipinski definition) is 9. The van der Waals surface area contributed by atoms with E-state index in [1.165, 1.54) is 11.3 Å². The Morgan fingerprint density at radius 2 is 1.69 bits per heavy atom. The van der Waals surface area contributed by atoms with Crippen molar-refractivity contribution in [3.05, 3.63) is 120 Å². The average Bonchev–Trinajstić information content (AvgIpc) is 3.34. The number of allylic oxidation sites excluding steroid dienone is 1. The van der Waals surface area contributed by atoms with E-state index >= 15 is 0 Å². The minimum absolute atomic E-state index is 0.200. The zero-order chi connectivity index (χ0) is 31.9. The molecule has 0 N–H and O–H groups in total. The Labute approximate surface area is 264 Å². The molecule has 0 bridgehead atoms. The number of hydrogen-bond donors (Lipinski definition) is 0. The average molecular weight is 624 g/mol. The molecule has 5 rings (SSSR count). The van der Waals surface area contributed by atoms with Crippen LogP contribution >= 0.6 is 11.3 Å². The van der Waals surface area contributed by atoms with E-state index in [1.54, 1.807) is 36.6 Å². The maximum Gasteiger partial charge on any atom is 0.338 e. The molecule has 1 aliphatic rings. The number of ether oxygens (including phenoxy) is 4. The monoisotopic (exact) mass is 623 g/mol. The lowest BCUT2D eigenvalue weighted by atomic mass is 9.96. The van der Waals surface area contributed by atoms with Crippen LogP contribution in [-0.2, 0) is 16.1 Å². The number of nitriles is 1. The fourth-order valence-corrected chi connectivity index (χ4v) is 6.06. The minimum Gasteiger partial charge on any atom is -0.494 e. The third kappa shape index (κ3) is 6.84. The number of aromatic nitrogens is 1. The summed E-state index contributed by atoms with van der Waals surface area (Å²) < 4.78 is 24.9. The Balaban J connectivity index is 1.52. The molecular formula is C35H33N3O6S. The lowest BCUT2D eigenvalue weighted by Crippen LogP contribution is -2.39. The van der Waals surface area contributed by atoms with Gasteiger partial charge < -0.3 is 18.9 Å². The molecule has 1 aliphatic heterocycles. The second kappa shape index (κ2) is 14.1. The van der Waals surface area contributed by atoms with Crippen LogP contribution in [0.25, 0.3) is 6.08 Å². The van der Waals surface area contributed by atoms with Crippen molar-refractivity contribution in [2.45, 2.75) is 40.3 Å². The Morgan fingerprint density at radius 1 is 0.956 bits per heavy atom. The standard InChI is InChI=1S/C35H33N3O6S/c1-5-41-27-15-13-26(14-16-27)32-31(34(40)43-7-3)22(4)37-35-38(32)33(39)30(45-35)19-25-12-17-28(29(18-25)42-6-2)44-21-24-10-8-23(20-36)9-11-24/h8-19,32H,5-7,21H2,1-4H3/b30-19-/t32-/m1/s1. The van der Waals surface area contributed by atoms with Gasteiger partial charge in [0.2, 0.25) is 0 Å². The molecule has 2 heterocycles. The molecule has 0 unspecified atom stereocenters. The van der Waals surface area contributed by atoms with Crippen LogP contribution in [0.5, 0.6) is 17.2 Å². The van der Waals surface area contributed by atoms with Crippen molar-refractivity contribution in [3.8, 4) is 23.3 Å². The molecule has 0 saturated carbocycles. The number of thiazole rings is 1. The van der Waals surface area contributed by atoms with Gasteiger partial charge in [-0.3, -0.25) is 9.36 Å². The van der Waals surface area contributed by atoms with Crippen LogP contribution in [-0.4, -0.2) is 30.4 Å². The summed E-state index contributed by atoms with van der Waals surface area (Å²) in [4.78, 5) is 32.3. The first kappa shape index (κ1) is 31.3. The molecule has 9 nitrogen and oxygen atoms in total. The van der Waals surface area contributed by atoms with Crippen molar-refractivity contribution >= 4 is 23.4 Å². The molecular weight excluding hydrogens is 590 g/mol. The predicted octanol–water partition coefficient (Wildman–Crippen LogP) is 5.05. The molecule has 0 fully saturated rings. The first-order chi connectivity index (χ1) is 21.9. The van der Waals surface area contributed by atoms with Crippen molar-refractivity contribution in [2.75, 3.05) is 19.8 Å². The molecule has 0 amide bonds. The van der Waals surface area contributed by atoms with Gasteiger partial charge in [-0.05, 0) is 86.9 Å². The van der Waals surface area contributed by atoms with Gasteiger partial charge >= 0.3 is 5.97 Å². The van der Waals surface area contributed by atoms with E-state index in [2.05, 4.69) is 11.1 Å². The fraction of sp³-hybridized carbons (Fsp3) is 0.257. The number of nitrogens with zero attached hydrogens (tertiary/aromatic N) is 3. The molecule has 0 spiro atoms. The van der Waals surface area contributed by atoms with Gasteiger partial charge in [0.1, 0.15) is 12.4 Å². The van der Waals surface area contributed by atoms with Crippen molar-refractivity contribution < 1.29 is 23.7 Å².